The summed E-state index contributed by atoms with van der Waals surface area (Å²) < 4.78 is 63.2. The van der Waals surface area contributed by atoms with E-state index in [9.17, 15) is 22.0 Å². The van der Waals surface area contributed by atoms with E-state index in [1.807, 2.05) is 0 Å². The molecule has 0 N–H and O–H groups in total. The smallest absolute Gasteiger partial charge is 0.198 e. The van der Waals surface area contributed by atoms with Gasteiger partial charge in [-0.2, -0.15) is 0 Å². The Morgan fingerprint density at radius 2 is 1.92 bits per heavy atom. The fraction of sp³-hybridized carbons (Fsp3) is 0.500. The van der Waals surface area contributed by atoms with Crippen LogP contribution in [0.4, 0.5) is 22.0 Å². The molecule has 0 aromatic heterocycles. The van der Waals surface area contributed by atoms with Gasteiger partial charge in [0.05, 0.1) is 5.92 Å². The lowest BCUT2D eigenvalue weighted by molar-refractivity contribution is 0.0720. The van der Waals surface area contributed by atoms with Crippen molar-refractivity contribution in [2.45, 2.75) is 12.6 Å². The average Bonchev–Trinajstić information content (AvgIpc) is 2.11. The summed E-state index contributed by atoms with van der Waals surface area (Å²) in [7, 11) is 0. The van der Waals surface area contributed by atoms with Crippen molar-refractivity contribution in [3.63, 3.8) is 0 Å². The van der Waals surface area contributed by atoms with Gasteiger partial charge in [-0.3, -0.25) is 0 Å². The molecule has 0 aromatic rings. The van der Waals surface area contributed by atoms with Crippen molar-refractivity contribution in [3.05, 3.63) is 23.6 Å². The zero-order chi connectivity index (χ0) is 10.2. The minimum absolute atomic E-state index is 0.0366. The molecule has 0 aromatic carbocycles. The highest BCUT2D eigenvalue weighted by Gasteiger charge is 2.47. The monoisotopic (exact) mass is 198 g/mol. The Morgan fingerprint density at radius 3 is 2.38 bits per heavy atom. The molecule has 5 heteroatoms. The molecule has 1 aliphatic carbocycles. The van der Waals surface area contributed by atoms with Crippen LogP contribution in [-0.2, 0) is 0 Å². The first-order chi connectivity index (χ1) is 5.93. The Kier molecular flexibility index (Phi) is 2.45. The lowest BCUT2D eigenvalue weighted by Crippen LogP contribution is -2.37. The highest BCUT2D eigenvalue weighted by Crippen LogP contribution is 2.42. The van der Waals surface area contributed by atoms with Gasteiger partial charge >= 0.3 is 0 Å². The van der Waals surface area contributed by atoms with Crippen molar-refractivity contribution >= 4 is 0 Å². The number of alkyl halides is 2. The molecule has 1 aliphatic rings. The second-order valence-corrected chi connectivity index (χ2v) is 2.91. The second kappa shape index (κ2) is 3.12. The van der Waals surface area contributed by atoms with E-state index in [0.717, 1.165) is 6.92 Å². The van der Waals surface area contributed by atoms with Gasteiger partial charge in [0.15, 0.2) is 11.5 Å². The standard InChI is InChI=1S/C8H7F5/c1-4-7(12)5(10)2-6(11)8(4,13)3-9/h2,4H,3H2,1H3. The molecule has 0 fully saturated rings. The van der Waals surface area contributed by atoms with E-state index in [4.69, 9.17) is 0 Å². The normalized spacial score (nSPS) is 34.9. The molecule has 0 radical (unpaired) electrons. The van der Waals surface area contributed by atoms with Crippen LogP contribution < -0.4 is 0 Å². The lowest BCUT2D eigenvalue weighted by atomic mass is 9.85. The van der Waals surface area contributed by atoms with Crippen molar-refractivity contribution in [1.29, 1.82) is 0 Å². The van der Waals surface area contributed by atoms with Crippen molar-refractivity contribution in [2.75, 3.05) is 6.67 Å². The maximum Gasteiger partial charge on any atom is 0.198 e. The SMILES string of the molecule is CC1C(F)=C(F)C=C(F)C1(F)CF. The Morgan fingerprint density at radius 1 is 1.38 bits per heavy atom. The van der Waals surface area contributed by atoms with Gasteiger partial charge in [-0.1, -0.05) is 6.92 Å². The number of allylic oxidation sites excluding steroid dienone is 4. The molecule has 2 atom stereocenters. The van der Waals surface area contributed by atoms with E-state index in [-0.39, 0.29) is 6.08 Å². The summed E-state index contributed by atoms with van der Waals surface area (Å²) in [4.78, 5) is 0. The molecule has 0 spiro atoms. The maximum absolute atomic E-state index is 13.3. The van der Waals surface area contributed by atoms with E-state index < -0.39 is 35.7 Å². The van der Waals surface area contributed by atoms with E-state index >= 15 is 0 Å². The minimum Gasteiger partial charge on any atom is -0.247 e. The van der Waals surface area contributed by atoms with Gasteiger partial charge in [-0.05, 0) is 0 Å². The molecule has 0 bridgehead atoms. The molecular formula is C8H7F5. The van der Waals surface area contributed by atoms with Crippen molar-refractivity contribution in [1.82, 2.24) is 0 Å². The Hall–Kier alpha value is -0.870. The summed E-state index contributed by atoms with van der Waals surface area (Å²) in [5.74, 6) is -6.31. The highest BCUT2D eigenvalue weighted by atomic mass is 19.2. The van der Waals surface area contributed by atoms with Gasteiger partial charge in [0.25, 0.3) is 0 Å². The molecular weight excluding hydrogens is 191 g/mol. The molecule has 1 rings (SSSR count). The summed E-state index contributed by atoms with van der Waals surface area (Å²) in [6.45, 7) is -0.821. The van der Waals surface area contributed by atoms with Crippen LogP contribution in [0.2, 0.25) is 0 Å². The van der Waals surface area contributed by atoms with Crippen LogP contribution in [0, 0.1) is 5.92 Å². The third-order valence-corrected chi connectivity index (χ3v) is 2.14. The highest BCUT2D eigenvalue weighted by molar-refractivity contribution is 5.33. The lowest BCUT2D eigenvalue weighted by Gasteiger charge is -2.28. The van der Waals surface area contributed by atoms with Gasteiger partial charge in [-0.15, -0.1) is 0 Å². The van der Waals surface area contributed by atoms with Gasteiger partial charge in [0.2, 0.25) is 0 Å². The zero-order valence-electron chi connectivity index (χ0n) is 6.75. The molecule has 0 aliphatic heterocycles. The third-order valence-electron chi connectivity index (χ3n) is 2.14. The molecule has 0 saturated carbocycles. The zero-order valence-corrected chi connectivity index (χ0v) is 6.75. The molecule has 0 amide bonds. The summed E-state index contributed by atoms with van der Waals surface area (Å²) in [5, 5.41) is 0. The average molecular weight is 198 g/mol. The van der Waals surface area contributed by atoms with Crippen LogP contribution in [0.15, 0.2) is 23.6 Å². The summed E-state index contributed by atoms with van der Waals surface area (Å²) >= 11 is 0. The first-order valence-corrected chi connectivity index (χ1v) is 3.61. The minimum atomic E-state index is -3.06. The summed E-state index contributed by atoms with van der Waals surface area (Å²) in [6.07, 6.45) is 0.0366. The summed E-state index contributed by atoms with van der Waals surface area (Å²) in [6, 6.07) is 0. The van der Waals surface area contributed by atoms with Crippen LogP contribution in [0.3, 0.4) is 0 Å². The topological polar surface area (TPSA) is 0 Å². The van der Waals surface area contributed by atoms with E-state index in [1.54, 1.807) is 0 Å². The molecule has 2 unspecified atom stereocenters. The quantitative estimate of drug-likeness (QED) is 0.567. The van der Waals surface area contributed by atoms with E-state index in [2.05, 4.69) is 0 Å². The summed E-state index contributed by atoms with van der Waals surface area (Å²) in [5.41, 5.74) is -3.06. The molecule has 74 valence electrons. The van der Waals surface area contributed by atoms with Gasteiger partial charge in [0.1, 0.15) is 18.3 Å². The van der Waals surface area contributed by atoms with Crippen molar-refractivity contribution in [3.8, 4) is 0 Å². The first-order valence-electron chi connectivity index (χ1n) is 3.61. The maximum atomic E-state index is 13.3. The molecule has 13 heavy (non-hydrogen) atoms. The van der Waals surface area contributed by atoms with Crippen LogP contribution in [0.25, 0.3) is 0 Å². The number of hydrogen-bond donors (Lipinski definition) is 0. The fourth-order valence-electron chi connectivity index (χ4n) is 1.09. The Labute approximate surface area is 71.7 Å². The van der Waals surface area contributed by atoms with Crippen LogP contribution >= 0.6 is 0 Å². The molecule has 0 nitrogen and oxygen atoms in total. The van der Waals surface area contributed by atoms with E-state index in [1.165, 1.54) is 0 Å². The van der Waals surface area contributed by atoms with Crippen molar-refractivity contribution < 1.29 is 22.0 Å². The van der Waals surface area contributed by atoms with Crippen LogP contribution in [-0.4, -0.2) is 12.3 Å². The van der Waals surface area contributed by atoms with Crippen molar-refractivity contribution in [2.24, 2.45) is 5.92 Å². The number of rotatable bonds is 1. The second-order valence-electron chi connectivity index (χ2n) is 2.91. The largest absolute Gasteiger partial charge is 0.247 e. The number of halogens is 5. The molecule has 0 heterocycles. The van der Waals surface area contributed by atoms with Gasteiger partial charge in [0, 0.05) is 6.08 Å². The first kappa shape index (κ1) is 10.2. The van der Waals surface area contributed by atoms with Crippen LogP contribution in [0.1, 0.15) is 6.92 Å². The molecule has 0 saturated heterocycles. The Balaban J connectivity index is 3.16. The third kappa shape index (κ3) is 1.36. The van der Waals surface area contributed by atoms with E-state index in [0.29, 0.717) is 0 Å². The number of hydrogen-bond acceptors (Lipinski definition) is 0. The fourth-order valence-corrected chi connectivity index (χ4v) is 1.09. The van der Waals surface area contributed by atoms with Gasteiger partial charge < -0.3 is 0 Å². The predicted octanol–water partition coefficient (Wildman–Crippen LogP) is 3.32. The Bertz CT molecular complexity index is 280. The predicted molar refractivity (Wildman–Crippen MR) is 37.4 cm³/mol. The van der Waals surface area contributed by atoms with Crippen LogP contribution in [0.5, 0.6) is 0 Å². The van der Waals surface area contributed by atoms with Gasteiger partial charge in [-0.25, -0.2) is 22.0 Å².